The molecule has 0 saturated carbocycles. The molecule has 0 saturated heterocycles. The van der Waals surface area contributed by atoms with Crippen LogP contribution in [-0.4, -0.2) is 25.4 Å². The summed E-state index contributed by atoms with van der Waals surface area (Å²) in [5, 5.41) is 5.43. The van der Waals surface area contributed by atoms with Crippen LogP contribution in [0.15, 0.2) is 34.8 Å². The summed E-state index contributed by atoms with van der Waals surface area (Å²) in [5.74, 6) is 0.621. The Morgan fingerprint density at radius 3 is 2.65 bits per heavy atom. The van der Waals surface area contributed by atoms with Crippen molar-refractivity contribution >= 4 is 27.2 Å². The maximum absolute atomic E-state index is 12.3. The second-order valence-corrected chi connectivity index (χ2v) is 6.72. The molecule has 0 radical (unpaired) electrons. The van der Waals surface area contributed by atoms with E-state index in [2.05, 4.69) is 20.0 Å². The molecule has 0 aliphatic rings. The van der Waals surface area contributed by atoms with Crippen LogP contribution in [0.25, 0.3) is 0 Å². The second-order valence-electron chi connectivity index (χ2n) is 4.08. The minimum Gasteiger partial charge on any atom is -0.373 e. The molecule has 0 fully saturated rings. The zero-order chi connectivity index (χ0) is 14.6. The number of sulfonamides is 1. The molecule has 0 amide bonds. The lowest BCUT2D eigenvalue weighted by Gasteiger charge is -2.14. The van der Waals surface area contributed by atoms with Crippen molar-refractivity contribution < 1.29 is 8.42 Å². The first kappa shape index (κ1) is 14.9. The summed E-state index contributed by atoms with van der Waals surface area (Å²) in [6, 6.07) is 2.83. The zero-order valence-corrected chi connectivity index (χ0v) is 12.8. The summed E-state index contributed by atoms with van der Waals surface area (Å²) in [4.78, 5) is 8.32. The zero-order valence-electron chi connectivity index (χ0n) is 11.2. The Labute approximate surface area is 122 Å². The van der Waals surface area contributed by atoms with Gasteiger partial charge in [-0.15, -0.1) is 11.3 Å². The number of nitrogens with one attached hydrogen (secondary N) is 2. The molecular formula is C12H16N4O2S2. The number of hydrogen-bond acceptors (Lipinski definition) is 6. The molecule has 1 unspecified atom stereocenters. The fourth-order valence-corrected chi connectivity index (χ4v) is 3.73. The molecule has 6 nitrogen and oxygen atoms in total. The normalized spacial score (nSPS) is 13.1. The van der Waals surface area contributed by atoms with Crippen molar-refractivity contribution in [3.63, 3.8) is 0 Å². The molecular weight excluding hydrogens is 296 g/mol. The van der Waals surface area contributed by atoms with Crippen LogP contribution < -0.4 is 10.0 Å². The molecule has 2 N–H and O–H groups in total. The Morgan fingerprint density at radius 1 is 1.35 bits per heavy atom. The molecule has 0 aliphatic heterocycles. The molecule has 0 spiro atoms. The first-order valence-corrected chi connectivity index (χ1v) is 8.48. The van der Waals surface area contributed by atoms with Gasteiger partial charge in [-0.25, -0.2) is 23.1 Å². The number of pyridine rings is 1. The number of rotatable bonds is 6. The minimum absolute atomic E-state index is 0.145. The molecule has 8 heteroatoms. The third-order valence-corrected chi connectivity index (χ3v) is 5.10. The third-order valence-electron chi connectivity index (χ3n) is 2.76. The standard InChI is InChI=1S/C12H16N4O2S2/c1-3-10(12-14-6-7-19-12)16-20(17,18)9-4-5-11(13-2)15-8-9/h4-8,10,16H,3H2,1-2H3,(H,13,15). The predicted molar refractivity (Wildman–Crippen MR) is 79.3 cm³/mol. The third kappa shape index (κ3) is 3.33. The summed E-state index contributed by atoms with van der Waals surface area (Å²) in [6.07, 6.45) is 3.64. The van der Waals surface area contributed by atoms with E-state index in [-0.39, 0.29) is 10.9 Å². The molecule has 108 valence electrons. The van der Waals surface area contributed by atoms with E-state index in [0.29, 0.717) is 12.2 Å². The van der Waals surface area contributed by atoms with Crippen LogP contribution in [0, 0.1) is 0 Å². The number of nitrogens with zero attached hydrogens (tertiary/aromatic N) is 2. The van der Waals surface area contributed by atoms with Gasteiger partial charge in [-0.3, -0.25) is 0 Å². The average Bonchev–Trinajstić information content (AvgIpc) is 2.99. The molecule has 2 heterocycles. The van der Waals surface area contributed by atoms with Gasteiger partial charge in [0.2, 0.25) is 10.0 Å². The van der Waals surface area contributed by atoms with Gasteiger partial charge >= 0.3 is 0 Å². The smallest absolute Gasteiger partial charge is 0.242 e. The second kappa shape index (κ2) is 6.29. The van der Waals surface area contributed by atoms with Crippen LogP contribution in [0.1, 0.15) is 24.4 Å². The highest BCUT2D eigenvalue weighted by Crippen LogP contribution is 2.21. The Hall–Kier alpha value is -1.51. The van der Waals surface area contributed by atoms with Gasteiger partial charge < -0.3 is 5.32 Å². The Balaban J connectivity index is 2.21. The van der Waals surface area contributed by atoms with Crippen molar-refractivity contribution in [2.75, 3.05) is 12.4 Å². The van der Waals surface area contributed by atoms with E-state index in [1.165, 1.54) is 23.6 Å². The van der Waals surface area contributed by atoms with Crippen molar-refractivity contribution in [2.45, 2.75) is 24.3 Å². The number of hydrogen-bond donors (Lipinski definition) is 2. The highest BCUT2D eigenvalue weighted by atomic mass is 32.2. The lowest BCUT2D eigenvalue weighted by molar-refractivity contribution is 0.548. The van der Waals surface area contributed by atoms with Crippen molar-refractivity contribution in [1.29, 1.82) is 0 Å². The molecule has 2 aromatic rings. The Bertz CT molecular complexity index is 639. The molecule has 0 bridgehead atoms. The molecule has 2 aromatic heterocycles. The maximum atomic E-state index is 12.3. The van der Waals surface area contributed by atoms with Crippen LogP contribution in [0.5, 0.6) is 0 Å². The van der Waals surface area contributed by atoms with Crippen LogP contribution in [-0.2, 0) is 10.0 Å². The SMILES string of the molecule is CCC(NS(=O)(=O)c1ccc(NC)nc1)c1nccs1. The van der Waals surface area contributed by atoms with Crippen molar-refractivity contribution in [2.24, 2.45) is 0 Å². The van der Waals surface area contributed by atoms with Gasteiger partial charge in [-0.05, 0) is 18.6 Å². The summed E-state index contributed by atoms with van der Waals surface area (Å²) in [6.45, 7) is 1.91. The minimum atomic E-state index is -3.60. The largest absolute Gasteiger partial charge is 0.373 e. The Kier molecular flexibility index (Phi) is 4.69. The van der Waals surface area contributed by atoms with Gasteiger partial charge in [-0.1, -0.05) is 6.92 Å². The van der Waals surface area contributed by atoms with Gasteiger partial charge in [0.05, 0.1) is 6.04 Å². The van der Waals surface area contributed by atoms with E-state index in [1.807, 2.05) is 12.3 Å². The van der Waals surface area contributed by atoms with Crippen molar-refractivity contribution in [1.82, 2.24) is 14.7 Å². The number of thiazole rings is 1. The van der Waals surface area contributed by atoms with E-state index in [1.54, 1.807) is 19.3 Å². The van der Waals surface area contributed by atoms with Gasteiger partial charge in [0.15, 0.2) is 0 Å². The quantitative estimate of drug-likeness (QED) is 0.852. The van der Waals surface area contributed by atoms with E-state index < -0.39 is 10.0 Å². The van der Waals surface area contributed by atoms with Crippen LogP contribution in [0.2, 0.25) is 0 Å². The summed E-state index contributed by atoms with van der Waals surface area (Å²) in [7, 11) is -1.87. The monoisotopic (exact) mass is 312 g/mol. The lowest BCUT2D eigenvalue weighted by Crippen LogP contribution is -2.28. The van der Waals surface area contributed by atoms with E-state index in [4.69, 9.17) is 0 Å². The highest BCUT2D eigenvalue weighted by molar-refractivity contribution is 7.89. The fourth-order valence-electron chi connectivity index (χ4n) is 1.66. The topological polar surface area (TPSA) is 84.0 Å². The molecule has 0 aromatic carbocycles. The van der Waals surface area contributed by atoms with Gasteiger partial charge in [0.1, 0.15) is 15.7 Å². The predicted octanol–water partition coefficient (Wildman–Crippen LogP) is 2.01. The summed E-state index contributed by atoms with van der Waals surface area (Å²) in [5.41, 5.74) is 0. The van der Waals surface area contributed by atoms with E-state index >= 15 is 0 Å². The van der Waals surface area contributed by atoms with Crippen LogP contribution >= 0.6 is 11.3 Å². The summed E-state index contributed by atoms with van der Waals surface area (Å²) < 4.78 is 27.3. The van der Waals surface area contributed by atoms with Crippen molar-refractivity contribution in [3.05, 3.63) is 34.9 Å². The van der Waals surface area contributed by atoms with Crippen LogP contribution in [0.4, 0.5) is 5.82 Å². The number of aromatic nitrogens is 2. The first-order valence-electron chi connectivity index (χ1n) is 6.12. The van der Waals surface area contributed by atoms with E-state index in [0.717, 1.165) is 5.01 Å². The van der Waals surface area contributed by atoms with E-state index in [9.17, 15) is 8.42 Å². The van der Waals surface area contributed by atoms with Crippen LogP contribution in [0.3, 0.4) is 0 Å². The molecule has 0 aliphatic carbocycles. The van der Waals surface area contributed by atoms with Crippen molar-refractivity contribution in [3.8, 4) is 0 Å². The molecule has 1 atom stereocenters. The molecule has 20 heavy (non-hydrogen) atoms. The van der Waals surface area contributed by atoms with Gasteiger partial charge in [-0.2, -0.15) is 0 Å². The number of anilines is 1. The average molecular weight is 312 g/mol. The summed E-state index contributed by atoms with van der Waals surface area (Å²) >= 11 is 1.43. The maximum Gasteiger partial charge on any atom is 0.242 e. The lowest BCUT2D eigenvalue weighted by atomic mass is 10.3. The molecule has 2 rings (SSSR count). The van der Waals surface area contributed by atoms with Gasteiger partial charge in [0, 0.05) is 24.8 Å². The Morgan fingerprint density at radius 2 is 2.15 bits per heavy atom. The fraction of sp³-hybridized carbons (Fsp3) is 0.333. The first-order chi connectivity index (χ1) is 9.56. The van der Waals surface area contributed by atoms with Gasteiger partial charge in [0.25, 0.3) is 0 Å². The highest BCUT2D eigenvalue weighted by Gasteiger charge is 2.22.